The quantitative estimate of drug-likeness (QED) is 0.742. The van der Waals surface area contributed by atoms with Crippen molar-refractivity contribution in [2.75, 3.05) is 18.4 Å². The van der Waals surface area contributed by atoms with Crippen molar-refractivity contribution in [3.63, 3.8) is 0 Å². The summed E-state index contributed by atoms with van der Waals surface area (Å²) in [5.74, 6) is -0.0417. The van der Waals surface area contributed by atoms with Gasteiger partial charge in [0.2, 0.25) is 5.91 Å². The first-order valence-corrected chi connectivity index (χ1v) is 8.81. The highest BCUT2D eigenvalue weighted by molar-refractivity contribution is 5.95. The Balaban J connectivity index is 1.78. The Hall–Kier alpha value is -2.82. The van der Waals surface area contributed by atoms with E-state index in [0.29, 0.717) is 6.54 Å². The van der Waals surface area contributed by atoms with Crippen molar-refractivity contribution >= 4 is 17.6 Å². The highest BCUT2D eigenvalue weighted by atomic mass is 16.2. The first-order valence-electron chi connectivity index (χ1n) is 8.81. The Bertz CT molecular complexity index is 749. The molecule has 0 aliphatic rings. The highest BCUT2D eigenvalue weighted by Crippen LogP contribution is 2.21. The fourth-order valence-electron chi connectivity index (χ4n) is 2.93. The Labute approximate surface area is 155 Å². The van der Waals surface area contributed by atoms with Crippen LogP contribution in [0.25, 0.3) is 0 Å². The van der Waals surface area contributed by atoms with E-state index in [4.69, 9.17) is 0 Å². The van der Waals surface area contributed by atoms with Gasteiger partial charge in [0.25, 0.3) is 0 Å². The van der Waals surface area contributed by atoms with Gasteiger partial charge in [0.05, 0.1) is 6.54 Å². The van der Waals surface area contributed by atoms with Gasteiger partial charge in [0.1, 0.15) is 0 Å². The van der Waals surface area contributed by atoms with Crippen molar-refractivity contribution in [2.24, 2.45) is 0 Å². The Kier molecular flexibility index (Phi) is 6.78. The maximum absolute atomic E-state index is 12.1. The van der Waals surface area contributed by atoms with Crippen molar-refractivity contribution in [1.82, 2.24) is 10.6 Å². The summed E-state index contributed by atoms with van der Waals surface area (Å²) >= 11 is 0. The molecule has 0 radical (unpaired) electrons. The summed E-state index contributed by atoms with van der Waals surface area (Å²) in [4.78, 5) is 24.0. The molecule has 0 aliphatic heterocycles. The van der Waals surface area contributed by atoms with Crippen LogP contribution in [0.1, 0.15) is 35.1 Å². The molecule has 26 heavy (non-hydrogen) atoms. The fraction of sp³-hybridized carbons (Fsp3) is 0.333. The lowest BCUT2D eigenvalue weighted by Crippen LogP contribution is -2.41. The molecule has 1 unspecified atom stereocenters. The van der Waals surface area contributed by atoms with Crippen molar-refractivity contribution in [1.29, 1.82) is 0 Å². The van der Waals surface area contributed by atoms with Gasteiger partial charge < -0.3 is 16.0 Å². The molecule has 0 fully saturated rings. The third kappa shape index (κ3) is 5.62. The van der Waals surface area contributed by atoms with E-state index in [1.807, 2.05) is 70.2 Å². The van der Waals surface area contributed by atoms with Gasteiger partial charge in [-0.1, -0.05) is 55.0 Å². The van der Waals surface area contributed by atoms with Crippen molar-refractivity contribution < 1.29 is 9.59 Å². The largest absolute Gasteiger partial charge is 0.338 e. The molecule has 0 heterocycles. The molecule has 1 atom stereocenters. The second-order valence-electron chi connectivity index (χ2n) is 6.70. The lowest BCUT2D eigenvalue weighted by molar-refractivity contribution is -0.115. The number of hydrogen-bond acceptors (Lipinski definition) is 2. The number of urea groups is 1. The lowest BCUT2D eigenvalue weighted by atomic mass is 10.0. The monoisotopic (exact) mass is 353 g/mol. The number of aryl methyl sites for hydroxylation is 3. The lowest BCUT2D eigenvalue weighted by Gasteiger charge is -2.15. The first-order chi connectivity index (χ1) is 12.4. The topological polar surface area (TPSA) is 70.2 Å². The summed E-state index contributed by atoms with van der Waals surface area (Å²) in [6.07, 6.45) is 0. The van der Waals surface area contributed by atoms with E-state index >= 15 is 0 Å². The number of hydrogen-bond donors (Lipinski definition) is 3. The zero-order valence-electron chi connectivity index (χ0n) is 15.8. The van der Waals surface area contributed by atoms with Gasteiger partial charge >= 0.3 is 6.03 Å². The molecule has 0 aromatic heterocycles. The molecule has 2 aromatic carbocycles. The maximum Gasteiger partial charge on any atom is 0.315 e. The molecule has 0 bridgehead atoms. The van der Waals surface area contributed by atoms with Gasteiger partial charge in [-0.25, -0.2) is 4.79 Å². The van der Waals surface area contributed by atoms with Gasteiger partial charge in [0, 0.05) is 12.2 Å². The zero-order chi connectivity index (χ0) is 19.1. The van der Waals surface area contributed by atoms with Gasteiger partial charge in [-0.3, -0.25) is 4.79 Å². The summed E-state index contributed by atoms with van der Waals surface area (Å²) in [6.45, 7) is 8.42. The van der Waals surface area contributed by atoms with E-state index in [1.54, 1.807) is 0 Å². The molecular formula is C21H27N3O2. The minimum Gasteiger partial charge on any atom is -0.338 e. The molecule has 5 nitrogen and oxygen atoms in total. The zero-order valence-corrected chi connectivity index (χ0v) is 15.8. The predicted molar refractivity (Wildman–Crippen MR) is 106 cm³/mol. The SMILES string of the molecule is Cc1cc(C)c(NC(=O)CNC(=O)NCC(C)c2ccccc2)c(C)c1. The summed E-state index contributed by atoms with van der Waals surface area (Å²) in [6, 6.07) is 13.7. The molecule has 0 saturated carbocycles. The van der Waals surface area contributed by atoms with Crippen LogP contribution < -0.4 is 16.0 Å². The van der Waals surface area contributed by atoms with Crippen LogP contribution >= 0.6 is 0 Å². The predicted octanol–water partition coefficient (Wildman–Crippen LogP) is 3.65. The van der Waals surface area contributed by atoms with Crippen LogP contribution in [0.3, 0.4) is 0 Å². The number of carbonyl (C=O) groups is 2. The molecule has 138 valence electrons. The fourth-order valence-corrected chi connectivity index (χ4v) is 2.93. The van der Waals surface area contributed by atoms with Crippen molar-refractivity contribution in [3.8, 4) is 0 Å². The number of anilines is 1. The van der Waals surface area contributed by atoms with Gasteiger partial charge in [0.15, 0.2) is 0 Å². The van der Waals surface area contributed by atoms with Crippen LogP contribution in [-0.2, 0) is 4.79 Å². The smallest absolute Gasteiger partial charge is 0.315 e. The summed E-state index contributed by atoms with van der Waals surface area (Å²) in [5.41, 5.74) is 5.15. The van der Waals surface area contributed by atoms with E-state index < -0.39 is 0 Å². The third-order valence-corrected chi connectivity index (χ3v) is 4.29. The van der Waals surface area contributed by atoms with Crippen molar-refractivity contribution in [2.45, 2.75) is 33.6 Å². The van der Waals surface area contributed by atoms with Gasteiger partial charge in [-0.05, 0) is 43.4 Å². The van der Waals surface area contributed by atoms with Gasteiger partial charge in [-0.15, -0.1) is 0 Å². The molecule has 3 N–H and O–H groups in total. The number of nitrogens with one attached hydrogen (secondary N) is 3. The van der Waals surface area contributed by atoms with E-state index in [-0.39, 0.29) is 24.4 Å². The molecule has 0 saturated heterocycles. The minimum atomic E-state index is -0.347. The maximum atomic E-state index is 12.1. The van der Waals surface area contributed by atoms with Crippen LogP contribution in [-0.4, -0.2) is 25.0 Å². The Morgan fingerprint density at radius 1 is 0.962 bits per heavy atom. The minimum absolute atomic E-state index is 0.0711. The number of amides is 3. The molecule has 2 aromatic rings. The summed E-state index contributed by atoms with van der Waals surface area (Å²) < 4.78 is 0. The van der Waals surface area contributed by atoms with E-state index in [2.05, 4.69) is 16.0 Å². The highest BCUT2D eigenvalue weighted by Gasteiger charge is 2.11. The number of carbonyl (C=O) groups excluding carboxylic acids is 2. The number of benzene rings is 2. The molecule has 5 heteroatoms. The molecule has 3 amide bonds. The van der Waals surface area contributed by atoms with Crippen LogP contribution in [0.2, 0.25) is 0 Å². The van der Waals surface area contributed by atoms with Crippen molar-refractivity contribution in [3.05, 3.63) is 64.7 Å². The van der Waals surface area contributed by atoms with E-state index in [0.717, 1.165) is 27.9 Å². The Morgan fingerprint density at radius 2 is 1.58 bits per heavy atom. The Morgan fingerprint density at radius 3 is 2.19 bits per heavy atom. The standard InChI is InChI=1S/C21H27N3O2/c1-14-10-15(2)20(16(3)11-14)24-19(25)13-23-21(26)22-12-17(4)18-8-6-5-7-9-18/h5-11,17H,12-13H2,1-4H3,(H,24,25)(H2,22,23,26). The van der Waals surface area contributed by atoms with E-state index in [1.165, 1.54) is 0 Å². The second kappa shape index (κ2) is 9.04. The second-order valence-corrected chi connectivity index (χ2v) is 6.70. The average Bonchev–Trinajstić information content (AvgIpc) is 2.61. The molecule has 0 spiro atoms. The molecule has 0 aliphatic carbocycles. The summed E-state index contributed by atoms with van der Waals surface area (Å²) in [5, 5.41) is 8.27. The normalized spacial score (nSPS) is 11.5. The molecular weight excluding hydrogens is 326 g/mol. The molecule has 2 rings (SSSR count). The van der Waals surface area contributed by atoms with Crippen LogP contribution in [0.5, 0.6) is 0 Å². The first kappa shape index (κ1) is 19.5. The van der Waals surface area contributed by atoms with E-state index in [9.17, 15) is 9.59 Å². The van der Waals surface area contributed by atoms with Crippen LogP contribution in [0.4, 0.5) is 10.5 Å². The van der Waals surface area contributed by atoms with Gasteiger partial charge in [-0.2, -0.15) is 0 Å². The summed E-state index contributed by atoms with van der Waals surface area (Å²) in [7, 11) is 0. The third-order valence-electron chi connectivity index (χ3n) is 4.29. The van der Waals surface area contributed by atoms with Crippen LogP contribution in [0, 0.1) is 20.8 Å². The van der Waals surface area contributed by atoms with Crippen LogP contribution in [0.15, 0.2) is 42.5 Å². The average molecular weight is 353 g/mol. The number of rotatable bonds is 6.